The molecule has 1 atom stereocenters. The van der Waals surface area contributed by atoms with Crippen molar-refractivity contribution in [3.05, 3.63) is 58.6 Å². The van der Waals surface area contributed by atoms with Crippen molar-refractivity contribution in [3.8, 4) is 17.6 Å². The van der Waals surface area contributed by atoms with E-state index in [0.29, 0.717) is 10.6 Å². The highest BCUT2D eigenvalue weighted by Crippen LogP contribution is 2.32. The lowest BCUT2D eigenvalue weighted by molar-refractivity contribution is -0.149. The van der Waals surface area contributed by atoms with Crippen LogP contribution in [-0.4, -0.2) is 18.2 Å². The van der Waals surface area contributed by atoms with Gasteiger partial charge in [0, 0.05) is 16.7 Å². The number of halogens is 1. The van der Waals surface area contributed by atoms with Gasteiger partial charge in [-0.2, -0.15) is 5.26 Å². The lowest BCUT2D eigenvalue weighted by Gasteiger charge is -2.19. The van der Waals surface area contributed by atoms with Crippen molar-refractivity contribution >= 4 is 17.6 Å². The second-order valence-electron chi connectivity index (χ2n) is 4.33. The number of rotatable bonds is 4. The molecule has 1 N–H and O–H groups in total. The second kappa shape index (κ2) is 6.83. The number of esters is 1. The Morgan fingerprint density at radius 1 is 1.32 bits per heavy atom. The quantitative estimate of drug-likeness (QED) is 0.876. The van der Waals surface area contributed by atoms with E-state index in [-0.39, 0.29) is 17.1 Å². The third-order valence-electron chi connectivity index (χ3n) is 2.93. The van der Waals surface area contributed by atoms with Crippen LogP contribution in [-0.2, 0) is 9.53 Å². The van der Waals surface area contributed by atoms with Crippen LogP contribution in [0.2, 0.25) is 5.02 Å². The van der Waals surface area contributed by atoms with Gasteiger partial charge >= 0.3 is 5.97 Å². The first-order valence-corrected chi connectivity index (χ1v) is 6.66. The summed E-state index contributed by atoms with van der Waals surface area (Å²) in [6, 6.07) is 12.6. The lowest BCUT2D eigenvalue weighted by atomic mass is 10.1. The van der Waals surface area contributed by atoms with E-state index in [1.165, 1.54) is 25.3 Å². The molecule has 112 valence electrons. The van der Waals surface area contributed by atoms with Gasteiger partial charge in [0.05, 0.1) is 12.7 Å². The molecule has 0 bridgehead atoms. The summed E-state index contributed by atoms with van der Waals surface area (Å²) in [5.74, 6) is -0.685. The van der Waals surface area contributed by atoms with Gasteiger partial charge in [0.2, 0.25) is 6.10 Å². The van der Waals surface area contributed by atoms with E-state index in [2.05, 4.69) is 0 Å². The summed E-state index contributed by atoms with van der Waals surface area (Å²) in [5, 5.41) is 19.0. The average Bonchev–Trinajstić information content (AvgIpc) is 2.53. The molecular formula is C16H12ClNO4. The molecule has 0 aliphatic heterocycles. The van der Waals surface area contributed by atoms with Crippen LogP contribution in [0.4, 0.5) is 0 Å². The van der Waals surface area contributed by atoms with E-state index in [0.717, 1.165) is 0 Å². The monoisotopic (exact) mass is 317 g/mol. The molecule has 0 saturated carbocycles. The van der Waals surface area contributed by atoms with Crippen LogP contribution in [0.15, 0.2) is 42.5 Å². The van der Waals surface area contributed by atoms with Gasteiger partial charge < -0.3 is 14.6 Å². The molecule has 6 heteroatoms. The van der Waals surface area contributed by atoms with Crippen molar-refractivity contribution in [2.24, 2.45) is 0 Å². The number of hydrogen-bond donors (Lipinski definition) is 1. The molecule has 0 saturated heterocycles. The zero-order chi connectivity index (χ0) is 16.1. The Morgan fingerprint density at radius 3 is 2.68 bits per heavy atom. The number of nitriles is 1. The second-order valence-corrected chi connectivity index (χ2v) is 4.74. The minimum Gasteiger partial charge on any atom is -0.508 e. The summed E-state index contributed by atoms with van der Waals surface area (Å²) in [6.45, 7) is 0. The highest BCUT2D eigenvalue weighted by Gasteiger charge is 2.26. The number of phenols is 1. The first-order chi connectivity index (χ1) is 10.6. The molecule has 2 rings (SSSR count). The third kappa shape index (κ3) is 3.30. The molecule has 2 aromatic rings. The van der Waals surface area contributed by atoms with Gasteiger partial charge in [-0.05, 0) is 18.2 Å². The fourth-order valence-electron chi connectivity index (χ4n) is 1.86. The molecule has 1 unspecified atom stereocenters. The van der Waals surface area contributed by atoms with Gasteiger partial charge in [-0.3, -0.25) is 0 Å². The van der Waals surface area contributed by atoms with Crippen molar-refractivity contribution in [3.63, 3.8) is 0 Å². The molecular weight excluding hydrogens is 306 g/mol. The normalized spacial score (nSPS) is 11.3. The lowest BCUT2D eigenvalue weighted by Crippen LogP contribution is -2.21. The van der Waals surface area contributed by atoms with E-state index >= 15 is 0 Å². The number of carbonyl (C=O) groups excluding carboxylic acids is 1. The summed E-state index contributed by atoms with van der Waals surface area (Å²) in [5.41, 5.74) is 0.585. The predicted molar refractivity (Wildman–Crippen MR) is 79.7 cm³/mol. The maximum Gasteiger partial charge on any atom is 0.351 e. The molecule has 0 fully saturated rings. The Balaban J connectivity index is 2.45. The fraction of sp³-hybridized carbons (Fsp3) is 0.125. The smallest absolute Gasteiger partial charge is 0.351 e. The van der Waals surface area contributed by atoms with Crippen molar-refractivity contribution in [2.75, 3.05) is 7.11 Å². The minimum absolute atomic E-state index is 0.0674. The Morgan fingerprint density at radius 2 is 2.05 bits per heavy atom. The van der Waals surface area contributed by atoms with Gasteiger partial charge in [0.1, 0.15) is 17.6 Å². The largest absolute Gasteiger partial charge is 0.508 e. The van der Waals surface area contributed by atoms with E-state index < -0.39 is 12.1 Å². The summed E-state index contributed by atoms with van der Waals surface area (Å²) in [6.07, 6.45) is -1.15. The minimum atomic E-state index is -1.15. The summed E-state index contributed by atoms with van der Waals surface area (Å²) in [7, 11) is 1.23. The first-order valence-electron chi connectivity index (χ1n) is 6.29. The van der Waals surface area contributed by atoms with Crippen LogP contribution in [0.3, 0.4) is 0 Å². The topological polar surface area (TPSA) is 79.6 Å². The van der Waals surface area contributed by atoms with Gasteiger partial charge in [-0.25, -0.2) is 4.79 Å². The predicted octanol–water partition coefficient (Wildman–Crippen LogP) is 3.21. The number of nitrogens with zero attached hydrogens (tertiary/aromatic N) is 1. The Hall–Kier alpha value is -2.71. The number of methoxy groups -OCH3 is 1. The summed E-state index contributed by atoms with van der Waals surface area (Å²) < 4.78 is 10.3. The Labute approximate surface area is 132 Å². The molecule has 0 spiro atoms. The first kappa shape index (κ1) is 15.7. The van der Waals surface area contributed by atoms with E-state index in [1.54, 1.807) is 24.3 Å². The summed E-state index contributed by atoms with van der Waals surface area (Å²) in [4.78, 5) is 12.0. The zero-order valence-corrected chi connectivity index (χ0v) is 12.4. The Kier molecular flexibility index (Phi) is 4.87. The number of hydrogen-bond acceptors (Lipinski definition) is 5. The third-order valence-corrected chi connectivity index (χ3v) is 3.28. The fourth-order valence-corrected chi connectivity index (χ4v) is 2.10. The van der Waals surface area contributed by atoms with Gasteiger partial charge in [0.15, 0.2) is 0 Å². The maximum absolute atomic E-state index is 12.0. The number of benzene rings is 2. The molecule has 0 heterocycles. The molecule has 2 aromatic carbocycles. The number of phenolic OH excluding ortho intramolecular Hbond substituents is 1. The summed E-state index contributed by atoms with van der Waals surface area (Å²) >= 11 is 6.09. The van der Waals surface area contributed by atoms with E-state index in [4.69, 9.17) is 26.3 Å². The van der Waals surface area contributed by atoms with Crippen LogP contribution >= 0.6 is 11.6 Å². The molecule has 0 aliphatic carbocycles. The molecule has 0 aliphatic rings. The number of aromatic hydroxyl groups is 1. The standard InChI is InChI=1S/C16H12ClNO4/c1-21-16(20)15(12-4-2-3-5-13(12)17)22-14-8-11(19)7-6-10(14)9-18/h2-8,15,19H,1H3. The van der Waals surface area contributed by atoms with Crippen LogP contribution in [0.5, 0.6) is 11.5 Å². The van der Waals surface area contributed by atoms with Gasteiger partial charge in [0.25, 0.3) is 0 Å². The van der Waals surface area contributed by atoms with Gasteiger partial charge in [-0.1, -0.05) is 29.8 Å². The molecule has 22 heavy (non-hydrogen) atoms. The van der Waals surface area contributed by atoms with Crippen molar-refractivity contribution in [2.45, 2.75) is 6.10 Å². The maximum atomic E-state index is 12.0. The molecule has 0 radical (unpaired) electrons. The molecule has 0 amide bonds. The van der Waals surface area contributed by atoms with Crippen molar-refractivity contribution in [1.29, 1.82) is 5.26 Å². The molecule has 0 aromatic heterocycles. The van der Waals surface area contributed by atoms with E-state index in [1.807, 2.05) is 6.07 Å². The average molecular weight is 318 g/mol. The highest BCUT2D eigenvalue weighted by atomic mass is 35.5. The SMILES string of the molecule is COC(=O)C(Oc1cc(O)ccc1C#N)c1ccccc1Cl. The van der Waals surface area contributed by atoms with Crippen LogP contribution in [0, 0.1) is 11.3 Å². The van der Waals surface area contributed by atoms with Crippen LogP contribution in [0.25, 0.3) is 0 Å². The molecule has 5 nitrogen and oxygen atoms in total. The number of carbonyl (C=O) groups is 1. The van der Waals surface area contributed by atoms with Crippen molar-refractivity contribution < 1.29 is 19.4 Å². The van der Waals surface area contributed by atoms with Crippen LogP contribution < -0.4 is 4.74 Å². The highest BCUT2D eigenvalue weighted by molar-refractivity contribution is 6.31. The van der Waals surface area contributed by atoms with Gasteiger partial charge in [-0.15, -0.1) is 0 Å². The van der Waals surface area contributed by atoms with E-state index in [9.17, 15) is 9.90 Å². The van der Waals surface area contributed by atoms with Crippen LogP contribution in [0.1, 0.15) is 17.2 Å². The van der Waals surface area contributed by atoms with Crippen molar-refractivity contribution in [1.82, 2.24) is 0 Å². The number of ether oxygens (including phenoxy) is 2. The Bertz CT molecular complexity index is 739. The zero-order valence-electron chi connectivity index (χ0n) is 11.6.